The SMILES string of the molecule is OC1CCCC1NCCc1cccc2cccnc12. The summed E-state index contributed by atoms with van der Waals surface area (Å²) in [6, 6.07) is 10.7. The molecular weight excluding hydrogens is 236 g/mol. The van der Waals surface area contributed by atoms with Crippen LogP contribution >= 0.6 is 0 Å². The molecule has 0 saturated heterocycles. The Labute approximate surface area is 113 Å². The summed E-state index contributed by atoms with van der Waals surface area (Å²) in [5.41, 5.74) is 2.37. The summed E-state index contributed by atoms with van der Waals surface area (Å²) in [5.74, 6) is 0. The normalized spacial score (nSPS) is 23.0. The number of rotatable bonds is 4. The number of nitrogens with one attached hydrogen (secondary N) is 1. The molecule has 2 aromatic rings. The summed E-state index contributed by atoms with van der Waals surface area (Å²) in [6.45, 7) is 0.900. The first-order valence-electron chi connectivity index (χ1n) is 7.08. The molecule has 1 aliphatic carbocycles. The van der Waals surface area contributed by atoms with Gasteiger partial charge in [0.25, 0.3) is 0 Å². The van der Waals surface area contributed by atoms with E-state index in [0.717, 1.165) is 37.7 Å². The van der Waals surface area contributed by atoms with Crippen LogP contribution in [0.25, 0.3) is 10.9 Å². The Kier molecular flexibility index (Phi) is 3.76. The van der Waals surface area contributed by atoms with E-state index in [4.69, 9.17) is 0 Å². The standard InChI is InChI=1S/C16H20N2O/c19-15-8-2-7-14(15)17-11-9-13-5-1-4-12-6-3-10-18-16(12)13/h1,3-6,10,14-15,17,19H,2,7-9,11H2. The molecule has 1 aromatic carbocycles. The molecular formula is C16H20N2O. The van der Waals surface area contributed by atoms with Crippen molar-refractivity contribution in [3.8, 4) is 0 Å². The number of aliphatic hydroxyl groups is 1. The fourth-order valence-electron chi connectivity index (χ4n) is 2.94. The Balaban J connectivity index is 1.65. The third kappa shape index (κ3) is 2.77. The largest absolute Gasteiger partial charge is 0.392 e. The van der Waals surface area contributed by atoms with Gasteiger partial charge in [0.05, 0.1) is 11.6 Å². The van der Waals surface area contributed by atoms with Crippen LogP contribution in [0.3, 0.4) is 0 Å². The van der Waals surface area contributed by atoms with Crippen LogP contribution in [0.5, 0.6) is 0 Å². The number of aliphatic hydroxyl groups excluding tert-OH is 1. The van der Waals surface area contributed by atoms with Crippen molar-refractivity contribution in [2.24, 2.45) is 0 Å². The summed E-state index contributed by atoms with van der Waals surface area (Å²) in [6.07, 6.45) is 5.81. The molecule has 19 heavy (non-hydrogen) atoms. The van der Waals surface area contributed by atoms with Crippen molar-refractivity contribution in [2.75, 3.05) is 6.54 Å². The number of pyridine rings is 1. The zero-order valence-corrected chi connectivity index (χ0v) is 11.0. The molecule has 3 nitrogen and oxygen atoms in total. The van der Waals surface area contributed by atoms with Crippen LogP contribution in [0.2, 0.25) is 0 Å². The quantitative estimate of drug-likeness (QED) is 0.882. The van der Waals surface area contributed by atoms with Crippen LogP contribution in [-0.4, -0.2) is 28.8 Å². The van der Waals surface area contributed by atoms with Crippen LogP contribution in [0, 0.1) is 0 Å². The Morgan fingerprint density at radius 1 is 1.21 bits per heavy atom. The molecule has 0 radical (unpaired) electrons. The van der Waals surface area contributed by atoms with Crippen LogP contribution < -0.4 is 5.32 Å². The maximum atomic E-state index is 9.78. The molecule has 3 rings (SSSR count). The van der Waals surface area contributed by atoms with Crippen LogP contribution in [-0.2, 0) is 6.42 Å². The molecule has 0 amide bonds. The molecule has 2 N–H and O–H groups in total. The van der Waals surface area contributed by atoms with Gasteiger partial charge in [-0.05, 0) is 43.9 Å². The molecule has 2 atom stereocenters. The fraction of sp³-hybridized carbons (Fsp3) is 0.438. The van der Waals surface area contributed by atoms with Gasteiger partial charge in [-0.15, -0.1) is 0 Å². The molecule has 100 valence electrons. The molecule has 0 spiro atoms. The molecule has 3 heteroatoms. The van der Waals surface area contributed by atoms with Gasteiger partial charge in [-0.2, -0.15) is 0 Å². The van der Waals surface area contributed by atoms with Crippen molar-refractivity contribution >= 4 is 10.9 Å². The molecule has 0 bridgehead atoms. The predicted octanol–water partition coefficient (Wildman–Crippen LogP) is 2.28. The lowest BCUT2D eigenvalue weighted by Gasteiger charge is -2.16. The van der Waals surface area contributed by atoms with Crippen molar-refractivity contribution in [2.45, 2.75) is 37.8 Å². The molecule has 1 aliphatic rings. The summed E-state index contributed by atoms with van der Waals surface area (Å²) < 4.78 is 0. The second kappa shape index (κ2) is 5.68. The van der Waals surface area contributed by atoms with E-state index in [1.165, 1.54) is 10.9 Å². The van der Waals surface area contributed by atoms with Crippen molar-refractivity contribution in [1.29, 1.82) is 0 Å². The van der Waals surface area contributed by atoms with E-state index in [2.05, 4.69) is 34.6 Å². The fourth-order valence-corrected chi connectivity index (χ4v) is 2.94. The van der Waals surface area contributed by atoms with E-state index in [1.807, 2.05) is 12.3 Å². The Morgan fingerprint density at radius 2 is 2.11 bits per heavy atom. The number of para-hydroxylation sites is 1. The third-order valence-corrected chi connectivity index (χ3v) is 4.00. The number of hydrogen-bond donors (Lipinski definition) is 2. The lowest BCUT2D eigenvalue weighted by molar-refractivity contribution is 0.149. The summed E-state index contributed by atoms with van der Waals surface area (Å²) in [4.78, 5) is 4.47. The van der Waals surface area contributed by atoms with Crippen molar-refractivity contribution in [3.63, 3.8) is 0 Å². The molecule has 0 aliphatic heterocycles. The van der Waals surface area contributed by atoms with E-state index in [0.29, 0.717) is 0 Å². The minimum atomic E-state index is -0.161. The maximum absolute atomic E-state index is 9.78. The molecule has 2 unspecified atom stereocenters. The average Bonchev–Trinajstić information content (AvgIpc) is 2.85. The van der Waals surface area contributed by atoms with Gasteiger partial charge in [0, 0.05) is 17.6 Å². The maximum Gasteiger partial charge on any atom is 0.0734 e. The highest BCUT2D eigenvalue weighted by Crippen LogP contribution is 2.19. The zero-order valence-electron chi connectivity index (χ0n) is 11.0. The van der Waals surface area contributed by atoms with E-state index in [1.54, 1.807) is 0 Å². The Bertz CT molecular complexity index is 550. The number of fused-ring (bicyclic) bond motifs is 1. The smallest absolute Gasteiger partial charge is 0.0734 e. The van der Waals surface area contributed by atoms with Gasteiger partial charge >= 0.3 is 0 Å². The number of nitrogens with zero attached hydrogens (tertiary/aromatic N) is 1. The second-order valence-corrected chi connectivity index (χ2v) is 5.30. The minimum absolute atomic E-state index is 0.161. The van der Waals surface area contributed by atoms with E-state index in [9.17, 15) is 5.11 Å². The van der Waals surface area contributed by atoms with Crippen LogP contribution in [0.4, 0.5) is 0 Å². The molecule has 1 fully saturated rings. The van der Waals surface area contributed by atoms with Crippen molar-refractivity contribution < 1.29 is 5.11 Å². The van der Waals surface area contributed by atoms with Gasteiger partial charge in [-0.25, -0.2) is 0 Å². The van der Waals surface area contributed by atoms with E-state index in [-0.39, 0.29) is 12.1 Å². The zero-order chi connectivity index (χ0) is 13.1. The summed E-state index contributed by atoms with van der Waals surface area (Å²) in [7, 11) is 0. The van der Waals surface area contributed by atoms with Gasteiger partial charge in [-0.3, -0.25) is 4.98 Å². The highest BCUT2D eigenvalue weighted by molar-refractivity contribution is 5.81. The van der Waals surface area contributed by atoms with Gasteiger partial charge in [-0.1, -0.05) is 24.3 Å². The van der Waals surface area contributed by atoms with Crippen LogP contribution in [0.15, 0.2) is 36.5 Å². The minimum Gasteiger partial charge on any atom is -0.392 e. The lowest BCUT2D eigenvalue weighted by atomic mass is 10.1. The predicted molar refractivity (Wildman–Crippen MR) is 77.1 cm³/mol. The highest BCUT2D eigenvalue weighted by atomic mass is 16.3. The number of benzene rings is 1. The van der Waals surface area contributed by atoms with Gasteiger partial charge < -0.3 is 10.4 Å². The monoisotopic (exact) mass is 256 g/mol. The van der Waals surface area contributed by atoms with Gasteiger partial charge in [0.15, 0.2) is 0 Å². The Hall–Kier alpha value is -1.45. The van der Waals surface area contributed by atoms with Crippen molar-refractivity contribution in [3.05, 3.63) is 42.1 Å². The lowest BCUT2D eigenvalue weighted by Crippen LogP contribution is -2.36. The molecule has 1 saturated carbocycles. The topological polar surface area (TPSA) is 45.1 Å². The summed E-state index contributed by atoms with van der Waals surface area (Å²) >= 11 is 0. The third-order valence-electron chi connectivity index (χ3n) is 4.00. The van der Waals surface area contributed by atoms with E-state index >= 15 is 0 Å². The van der Waals surface area contributed by atoms with Gasteiger partial charge in [0.2, 0.25) is 0 Å². The first kappa shape index (κ1) is 12.6. The highest BCUT2D eigenvalue weighted by Gasteiger charge is 2.24. The number of aromatic nitrogens is 1. The second-order valence-electron chi connectivity index (χ2n) is 5.30. The van der Waals surface area contributed by atoms with Crippen LogP contribution in [0.1, 0.15) is 24.8 Å². The van der Waals surface area contributed by atoms with Gasteiger partial charge in [0.1, 0.15) is 0 Å². The van der Waals surface area contributed by atoms with Crippen molar-refractivity contribution in [1.82, 2.24) is 10.3 Å². The Morgan fingerprint density at radius 3 is 2.95 bits per heavy atom. The molecule has 1 heterocycles. The number of hydrogen-bond acceptors (Lipinski definition) is 3. The molecule has 1 aromatic heterocycles. The first-order valence-corrected chi connectivity index (χ1v) is 7.08. The summed E-state index contributed by atoms with van der Waals surface area (Å²) in [5, 5.41) is 14.4. The van der Waals surface area contributed by atoms with E-state index < -0.39 is 0 Å². The average molecular weight is 256 g/mol. The first-order chi connectivity index (χ1) is 9.34.